The summed E-state index contributed by atoms with van der Waals surface area (Å²) in [5.41, 5.74) is 1.95. The van der Waals surface area contributed by atoms with Gasteiger partial charge in [0.25, 0.3) is 0 Å². The second kappa shape index (κ2) is 15.3. The second-order valence-corrected chi connectivity index (χ2v) is 6.54. The maximum absolute atomic E-state index is 11.7. The molecule has 0 fully saturated rings. The molecule has 1 rings (SSSR count). The van der Waals surface area contributed by atoms with Gasteiger partial charge in [-0.05, 0) is 49.0 Å². The van der Waals surface area contributed by atoms with E-state index in [1.165, 1.54) is 12.2 Å². The topological polar surface area (TPSA) is 65.5 Å². The number of guanidine groups is 1. The highest BCUT2D eigenvalue weighted by Crippen LogP contribution is 2.11. The van der Waals surface area contributed by atoms with Crippen molar-refractivity contribution < 1.29 is 4.79 Å². The normalized spacial score (nSPS) is 10.8. The molecule has 7 heteroatoms. The summed E-state index contributed by atoms with van der Waals surface area (Å²) in [6.07, 6.45) is 5.89. The van der Waals surface area contributed by atoms with E-state index in [4.69, 9.17) is 0 Å². The van der Waals surface area contributed by atoms with Gasteiger partial charge >= 0.3 is 0 Å². The van der Waals surface area contributed by atoms with E-state index in [1.807, 2.05) is 43.0 Å². The number of rotatable bonds is 10. The molecule has 5 nitrogen and oxygen atoms in total. The van der Waals surface area contributed by atoms with Crippen molar-refractivity contribution in [2.24, 2.45) is 4.99 Å². The number of benzene rings is 1. The zero-order valence-corrected chi connectivity index (χ0v) is 18.6. The van der Waals surface area contributed by atoms with Crippen LogP contribution in [0.15, 0.2) is 29.3 Å². The molecule has 1 aromatic rings. The van der Waals surface area contributed by atoms with Gasteiger partial charge in [0.05, 0.1) is 0 Å². The summed E-state index contributed by atoms with van der Waals surface area (Å²) in [5, 5.41) is 9.55. The fourth-order valence-electron chi connectivity index (χ4n) is 2.19. The maximum Gasteiger partial charge on any atom is 0.224 e. The van der Waals surface area contributed by atoms with E-state index >= 15 is 0 Å². The molecule has 0 aromatic heterocycles. The van der Waals surface area contributed by atoms with Gasteiger partial charge in [0.2, 0.25) is 5.91 Å². The molecule has 0 spiro atoms. The van der Waals surface area contributed by atoms with Gasteiger partial charge in [-0.3, -0.25) is 9.79 Å². The molecule has 0 unspecified atom stereocenters. The predicted octanol–water partition coefficient (Wildman–Crippen LogP) is 3.85. The van der Waals surface area contributed by atoms with Gasteiger partial charge in [0, 0.05) is 32.2 Å². The first-order valence-corrected chi connectivity index (χ1v) is 9.91. The van der Waals surface area contributed by atoms with E-state index < -0.39 is 0 Å². The Balaban J connectivity index is 0.00000576. The van der Waals surface area contributed by atoms with Gasteiger partial charge < -0.3 is 16.0 Å². The first kappa shape index (κ1) is 24.0. The summed E-state index contributed by atoms with van der Waals surface area (Å²) >= 11 is 1.88. The van der Waals surface area contributed by atoms with Crippen molar-refractivity contribution in [2.75, 3.05) is 30.9 Å². The van der Waals surface area contributed by atoms with Crippen LogP contribution in [0.4, 0.5) is 5.69 Å². The second-order valence-electron chi connectivity index (χ2n) is 5.55. The van der Waals surface area contributed by atoms with Crippen LogP contribution in [0, 0.1) is 0 Å². The fraction of sp³-hybridized carbons (Fsp3) is 0.556. The van der Waals surface area contributed by atoms with Gasteiger partial charge in [-0.25, -0.2) is 0 Å². The van der Waals surface area contributed by atoms with Crippen LogP contribution in [-0.4, -0.2) is 37.5 Å². The minimum atomic E-state index is 0. The lowest BCUT2D eigenvalue weighted by Gasteiger charge is -2.12. The Hall–Kier alpha value is -0.960. The molecular weight excluding hydrogens is 447 g/mol. The predicted molar refractivity (Wildman–Crippen MR) is 121 cm³/mol. The zero-order valence-electron chi connectivity index (χ0n) is 15.4. The number of amides is 1. The van der Waals surface area contributed by atoms with E-state index in [1.54, 1.807) is 7.05 Å². The molecule has 0 radical (unpaired) electrons. The number of thioether (sulfide) groups is 1. The molecule has 3 N–H and O–H groups in total. The quantitative estimate of drug-likeness (QED) is 0.207. The molecule has 1 amide bonds. The molecule has 0 aliphatic carbocycles. The highest BCUT2D eigenvalue weighted by atomic mass is 127. The van der Waals surface area contributed by atoms with Crippen LogP contribution in [-0.2, 0) is 11.3 Å². The summed E-state index contributed by atoms with van der Waals surface area (Å²) in [6.45, 7) is 3.59. The van der Waals surface area contributed by atoms with Crippen molar-refractivity contribution in [3.63, 3.8) is 0 Å². The van der Waals surface area contributed by atoms with Crippen LogP contribution in [0.2, 0.25) is 0 Å². The molecule has 142 valence electrons. The highest BCUT2D eigenvalue weighted by molar-refractivity contribution is 14.0. The summed E-state index contributed by atoms with van der Waals surface area (Å²) in [4.78, 5) is 15.9. The zero-order chi connectivity index (χ0) is 17.6. The molecule has 0 heterocycles. The third kappa shape index (κ3) is 11.3. The van der Waals surface area contributed by atoms with Crippen molar-refractivity contribution in [1.82, 2.24) is 10.6 Å². The fourth-order valence-corrected chi connectivity index (χ4v) is 2.69. The Morgan fingerprint density at radius 3 is 2.72 bits per heavy atom. The molecule has 0 bridgehead atoms. The highest BCUT2D eigenvalue weighted by Gasteiger charge is 2.02. The van der Waals surface area contributed by atoms with E-state index in [2.05, 4.69) is 27.2 Å². The Labute approximate surface area is 173 Å². The van der Waals surface area contributed by atoms with E-state index in [9.17, 15) is 4.79 Å². The summed E-state index contributed by atoms with van der Waals surface area (Å²) in [7, 11) is 1.78. The standard InChI is InChI=1S/C18H30N4OS.HI/c1-4-8-17(23)22-16-10-7-9-15(13-16)14-21-18(19-2)20-11-5-6-12-24-3;/h7,9-10,13H,4-6,8,11-12,14H2,1-3H3,(H,22,23)(H2,19,20,21);1H. The molecule has 0 aliphatic rings. The molecular formula is C18H31IN4OS. The minimum absolute atomic E-state index is 0. The number of nitrogens with one attached hydrogen (secondary N) is 3. The number of halogens is 1. The number of anilines is 1. The average molecular weight is 478 g/mol. The van der Waals surface area contributed by atoms with Crippen LogP contribution in [0.3, 0.4) is 0 Å². The minimum Gasteiger partial charge on any atom is -0.356 e. The van der Waals surface area contributed by atoms with Gasteiger partial charge in [-0.1, -0.05) is 19.1 Å². The van der Waals surface area contributed by atoms with Crippen molar-refractivity contribution in [2.45, 2.75) is 39.2 Å². The van der Waals surface area contributed by atoms with Gasteiger partial charge in [-0.15, -0.1) is 24.0 Å². The van der Waals surface area contributed by atoms with E-state index in [-0.39, 0.29) is 29.9 Å². The van der Waals surface area contributed by atoms with Crippen LogP contribution in [0.25, 0.3) is 0 Å². The number of hydrogen-bond donors (Lipinski definition) is 3. The summed E-state index contributed by atoms with van der Waals surface area (Å²) in [6, 6.07) is 7.90. The Bertz CT molecular complexity index is 526. The van der Waals surface area contributed by atoms with E-state index in [0.717, 1.165) is 36.6 Å². The first-order valence-electron chi connectivity index (χ1n) is 8.51. The third-order valence-electron chi connectivity index (χ3n) is 3.44. The lowest BCUT2D eigenvalue weighted by atomic mass is 10.2. The summed E-state index contributed by atoms with van der Waals surface area (Å²) in [5.74, 6) is 2.06. The Morgan fingerprint density at radius 1 is 1.24 bits per heavy atom. The Kier molecular flexibility index (Phi) is 14.7. The maximum atomic E-state index is 11.7. The van der Waals surface area contributed by atoms with Crippen LogP contribution >= 0.6 is 35.7 Å². The van der Waals surface area contributed by atoms with Gasteiger partial charge in [0.1, 0.15) is 0 Å². The van der Waals surface area contributed by atoms with Gasteiger partial charge in [0.15, 0.2) is 5.96 Å². The lowest BCUT2D eigenvalue weighted by molar-refractivity contribution is -0.116. The Morgan fingerprint density at radius 2 is 2.04 bits per heavy atom. The van der Waals surface area contributed by atoms with Crippen LogP contribution < -0.4 is 16.0 Å². The van der Waals surface area contributed by atoms with Crippen molar-refractivity contribution in [3.05, 3.63) is 29.8 Å². The number of carbonyl (C=O) groups is 1. The molecule has 0 aliphatic heterocycles. The molecule has 0 saturated carbocycles. The molecule has 0 atom stereocenters. The molecule has 25 heavy (non-hydrogen) atoms. The van der Waals surface area contributed by atoms with Crippen molar-refractivity contribution >= 4 is 53.3 Å². The number of unbranched alkanes of at least 4 members (excludes halogenated alkanes) is 1. The van der Waals surface area contributed by atoms with Gasteiger partial charge in [-0.2, -0.15) is 11.8 Å². The lowest BCUT2D eigenvalue weighted by Crippen LogP contribution is -2.37. The first-order chi connectivity index (χ1) is 11.7. The van der Waals surface area contributed by atoms with E-state index in [0.29, 0.717) is 13.0 Å². The number of hydrogen-bond acceptors (Lipinski definition) is 3. The SMILES string of the molecule is CCCC(=O)Nc1cccc(CNC(=NC)NCCCCSC)c1.I. The van der Waals surface area contributed by atoms with Crippen LogP contribution in [0.1, 0.15) is 38.2 Å². The number of carbonyl (C=O) groups excluding carboxylic acids is 1. The van der Waals surface area contributed by atoms with Crippen molar-refractivity contribution in [1.29, 1.82) is 0 Å². The molecule has 0 saturated heterocycles. The number of nitrogens with zero attached hydrogens (tertiary/aromatic N) is 1. The van der Waals surface area contributed by atoms with Crippen LogP contribution in [0.5, 0.6) is 0 Å². The molecule has 1 aromatic carbocycles. The largest absolute Gasteiger partial charge is 0.356 e. The van der Waals surface area contributed by atoms with Crippen molar-refractivity contribution in [3.8, 4) is 0 Å². The summed E-state index contributed by atoms with van der Waals surface area (Å²) < 4.78 is 0. The smallest absolute Gasteiger partial charge is 0.224 e. The monoisotopic (exact) mass is 478 g/mol. The average Bonchev–Trinajstić information content (AvgIpc) is 2.58. The third-order valence-corrected chi connectivity index (χ3v) is 4.14. The number of aliphatic imine (C=N–C) groups is 1.